The molecule has 17 heavy (non-hydrogen) atoms. The van der Waals surface area contributed by atoms with Crippen molar-refractivity contribution in [3.63, 3.8) is 0 Å². The molecule has 1 aliphatic rings. The van der Waals surface area contributed by atoms with E-state index in [2.05, 4.69) is 35.9 Å². The van der Waals surface area contributed by atoms with Crippen LogP contribution in [0, 0.1) is 5.41 Å². The van der Waals surface area contributed by atoms with E-state index in [-0.39, 0.29) is 0 Å². The van der Waals surface area contributed by atoms with E-state index in [0.29, 0.717) is 5.41 Å². The highest BCUT2D eigenvalue weighted by atomic mass is 15.2. The van der Waals surface area contributed by atoms with Gasteiger partial charge in [-0.25, -0.2) is 0 Å². The Labute approximate surface area is 101 Å². The molecule has 0 radical (unpaired) electrons. The first-order chi connectivity index (χ1) is 8.07. The monoisotopic (exact) mass is 227 g/mol. The molecule has 2 aromatic rings. The second-order valence-electron chi connectivity index (χ2n) is 5.59. The van der Waals surface area contributed by atoms with E-state index in [1.165, 1.54) is 5.69 Å². The van der Waals surface area contributed by atoms with Gasteiger partial charge in [0.15, 0.2) is 0 Å². The second-order valence-corrected chi connectivity index (χ2v) is 5.59. The fourth-order valence-corrected chi connectivity index (χ4v) is 2.61. The first kappa shape index (κ1) is 10.4. The van der Waals surface area contributed by atoms with Crippen LogP contribution in [0.5, 0.6) is 0 Å². The zero-order valence-electron chi connectivity index (χ0n) is 10.3. The van der Waals surface area contributed by atoms with Crippen molar-refractivity contribution in [2.24, 2.45) is 5.41 Å². The first-order valence-electron chi connectivity index (χ1n) is 5.95. The Hall–Kier alpha value is -1.77. The number of aromatic nitrogens is 1. The van der Waals surface area contributed by atoms with E-state index in [0.717, 1.165) is 29.7 Å². The molecule has 1 aromatic carbocycles. The predicted molar refractivity (Wildman–Crippen MR) is 72.1 cm³/mol. The lowest BCUT2D eigenvalue weighted by Crippen LogP contribution is -2.53. The summed E-state index contributed by atoms with van der Waals surface area (Å²) in [6, 6.07) is 8.13. The highest BCUT2D eigenvalue weighted by Crippen LogP contribution is 2.37. The summed E-state index contributed by atoms with van der Waals surface area (Å²) in [6.07, 6.45) is 1.79. The van der Waals surface area contributed by atoms with Gasteiger partial charge in [0, 0.05) is 30.4 Å². The second kappa shape index (κ2) is 3.36. The quantitative estimate of drug-likeness (QED) is 0.762. The summed E-state index contributed by atoms with van der Waals surface area (Å²) in [5, 5.41) is 1.16. The van der Waals surface area contributed by atoms with Crippen molar-refractivity contribution in [3.8, 4) is 0 Å². The predicted octanol–water partition coefficient (Wildman–Crippen LogP) is 2.66. The van der Waals surface area contributed by atoms with E-state index in [1.54, 1.807) is 6.20 Å². The van der Waals surface area contributed by atoms with Crippen LogP contribution in [0.4, 0.5) is 11.4 Å². The summed E-state index contributed by atoms with van der Waals surface area (Å²) in [7, 11) is 0. The van der Waals surface area contributed by atoms with Crippen molar-refractivity contribution < 1.29 is 0 Å². The van der Waals surface area contributed by atoms with Crippen LogP contribution in [-0.2, 0) is 0 Å². The molecule has 0 atom stereocenters. The van der Waals surface area contributed by atoms with Gasteiger partial charge >= 0.3 is 0 Å². The van der Waals surface area contributed by atoms with Crippen molar-refractivity contribution in [2.75, 3.05) is 23.7 Å². The van der Waals surface area contributed by atoms with Gasteiger partial charge in [0.25, 0.3) is 0 Å². The molecular formula is C14H17N3. The average molecular weight is 227 g/mol. The third kappa shape index (κ3) is 1.62. The Bertz CT molecular complexity index is 567. The Kier molecular flexibility index (Phi) is 2.05. The lowest BCUT2D eigenvalue weighted by Gasteiger charge is -2.47. The molecule has 0 bridgehead atoms. The topological polar surface area (TPSA) is 42.1 Å². The van der Waals surface area contributed by atoms with E-state index in [9.17, 15) is 0 Å². The molecule has 0 spiro atoms. The molecule has 2 N–H and O–H groups in total. The summed E-state index contributed by atoms with van der Waals surface area (Å²) in [4.78, 5) is 6.76. The van der Waals surface area contributed by atoms with Gasteiger partial charge in [0.1, 0.15) is 0 Å². The highest BCUT2D eigenvalue weighted by Gasteiger charge is 2.34. The number of anilines is 2. The zero-order valence-corrected chi connectivity index (χ0v) is 10.3. The summed E-state index contributed by atoms with van der Waals surface area (Å²) in [5.74, 6) is 0. The molecule has 1 fully saturated rings. The molecular weight excluding hydrogens is 210 g/mol. The SMILES string of the molecule is CC1(C)CN(c2ccc(N)c3ncccc23)C1. The fourth-order valence-electron chi connectivity index (χ4n) is 2.61. The molecule has 0 saturated carbocycles. The van der Waals surface area contributed by atoms with Gasteiger partial charge in [-0.1, -0.05) is 13.8 Å². The van der Waals surface area contributed by atoms with Crippen LogP contribution in [0.15, 0.2) is 30.5 Å². The molecule has 1 aromatic heterocycles. The molecule has 0 unspecified atom stereocenters. The normalized spacial score (nSPS) is 18.1. The number of nitrogens with two attached hydrogens (primary N) is 1. The zero-order chi connectivity index (χ0) is 12.0. The third-order valence-corrected chi connectivity index (χ3v) is 3.36. The van der Waals surface area contributed by atoms with Gasteiger partial charge in [0.05, 0.1) is 11.2 Å². The standard InChI is InChI=1S/C14H17N3/c1-14(2)8-17(9-14)12-6-5-11(15)13-10(12)4-3-7-16-13/h3-7H,8-9,15H2,1-2H3. The number of nitrogens with zero attached hydrogens (tertiary/aromatic N) is 2. The smallest absolute Gasteiger partial charge is 0.0951 e. The van der Waals surface area contributed by atoms with Gasteiger partial charge < -0.3 is 10.6 Å². The van der Waals surface area contributed by atoms with E-state index in [1.807, 2.05) is 12.1 Å². The highest BCUT2D eigenvalue weighted by molar-refractivity contribution is 5.98. The maximum atomic E-state index is 5.96. The number of benzene rings is 1. The Morgan fingerprint density at radius 1 is 1.24 bits per heavy atom. The molecule has 3 heteroatoms. The van der Waals surface area contributed by atoms with E-state index < -0.39 is 0 Å². The number of rotatable bonds is 1. The van der Waals surface area contributed by atoms with Gasteiger partial charge in [-0.15, -0.1) is 0 Å². The minimum atomic E-state index is 0.427. The fraction of sp³-hybridized carbons (Fsp3) is 0.357. The minimum Gasteiger partial charge on any atom is -0.397 e. The maximum Gasteiger partial charge on any atom is 0.0951 e. The number of fused-ring (bicyclic) bond motifs is 1. The van der Waals surface area contributed by atoms with Crippen molar-refractivity contribution in [1.82, 2.24) is 4.98 Å². The Morgan fingerprint density at radius 3 is 2.71 bits per heavy atom. The molecule has 3 nitrogen and oxygen atoms in total. The number of pyridine rings is 1. The van der Waals surface area contributed by atoms with E-state index in [4.69, 9.17) is 5.73 Å². The summed E-state index contributed by atoms with van der Waals surface area (Å²) in [6.45, 7) is 6.78. The van der Waals surface area contributed by atoms with Crippen LogP contribution in [0.25, 0.3) is 10.9 Å². The van der Waals surface area contributed by atoms with E-state index >= 15 is 0 Å². The average Bonchev–Trinajstić information content (AvgIpc) is 2.27. The number of hydrogen-bond acceptors (Lipinski definition) is 3. The van der Waals surface area contributed by atoms with Crippen molar-refractivity contribution in [1.29, 1.82) is 0 Å². The summed E-state index contributed by atoms with van der Waals surface area (Å²) < 4.78 is 0. The van der Waals surface area contributed by atoms with Crippen LogP contribution < -0.4 is 10.6 Å². The van der Waals surface area contributed by atoms with Gasteiger partial charge in [-0.3, -0.25) is 4.98 Å². The molecule has 1 aliphatic heterocycles. The molecule has 1 saturated heterocycles. The van der Waals surface area contributed by atoms with Gasteiger partial charge in [-0.05, 0) is 29.7 Å². The van der Waals surface area contributed by atoms with Gasteiger partial charge in [-0.2, -0.15) is 0 Å². The molecule has 3 rings (SSSR count). The largest absolute Gasteiger partial charge is 0.397 e. The summed E-state index contributed by atoms with van der Waals surface area (Å²) >= 11 is 0. The number of nitrogen functional groups attached to an aromatic ring is 1. The summed E-state index contributed by atoms with van der Waals surface area (Å²) in [5.41, 5.74) is 9.30. The molecule has 2 heterocycles. The van der Waals surface area contributed by atoms with Crippen LogP contribution in [0.1, 0.15) is 13.8 Å². The maximum absolute atomic E-state index is 5.96. The lowest BCUT2D eigenvalue weighted by atomic mass is 9.83. The van der Waals surface area contributed by atoms with Crippen LogP contribution in [-0.4, -0.2) is 18.1 Å². The first-order valence-corrected chi connectivity index (χ1v) is 5.95. The van der Waals surface area contributed by atoms with Crippen molar-refractivity contribution in [3.05, 3.63) is 30.5 Å². The number of hydrogen-bond donors (Lipinski definition) is 1. The third-order valence-electron chi connectivity index (χ3n) is 3.36. The Balaban J connectivity index is 2.09. The van der Waals surface area contributed by atoms with Crippen molar-refractivity contribution in [2.45, 2.75) is 13.8 Å². The van der Waals surface area contributed by atoms with Crippen LogP contribution in [0.2, 0.25) is 0 Å². The van der Waals surface area contributed by atoms with Crippen LogP contribution in [0.3, 0.4) is 0 Å². The van der Waals surface area contributed by atoms with Crippen LogP contribution >= 0.6 is 0 Å². The molecule has 88 valence electrons. The minimum absolute atomic E-state index is 0.427. The lowest BCUT2D eigenvalue weighted by molar-refractivity contribution is 0.277. The molecule has 0 aliphatic carbocycles. The van der Waals surface area contributed by atoms with Gasteiger partial charge in [0.2, 0.25) is 0 Å². The Morgan fingerprint density at radius 2 is 2.00 bits per heavy atom. The van der Waals surface area contributed by atoms with Crippen molar-refractivity contribution >= 4 is 22.3 Å². The molecule has 0 amide bonds.